The Morgan fingerprint density at radius 3 is 2.33 bits per heavy atom. The van der Waals surface area contributed by atoms with Crippen LogP contribution in [0.2, 0.25) is 0 Å². The van der Waals surface area contributed by atoms with E-state index in [-0.39, 0.29) is 0 Å². The molecule has 1 N–H and O–H groups in total. The molecule has 0 amide bonds. The summed E-state index contributed by atoms with van der Waals surface area (Å²) in [5.41, 5.74) is 3.08. The Balaban J connectivity index is 1.49. The summed E-state index contributed by atoms with van der Waals surface area (Å²) in [4.78, 5) is 2.58. The first-order valence-electron chi connectivity index (χ1n) is 8.83. The smallest absolute Gasteiger partial charge is 0.0108 e. The molecule has 0 aromatic heterocycles. The van der Waals surface area contributed by atoms with Gasteiger partial charge in [0.1, 0.15) is 0 Å². The van der Waals surface area contributed by atoms with Crippen molar-refractivity contribution >= 4 is 0 Å². The molecule has 0 atom stereocenters. The summed E-state index contributed by atoms with van der Waals surface area (Å²) in [6.45, 7) is 8.33. The van der Waals surface area contributed by atoms with E-state index in [1.165, 1.54) is 57.3 Å². The number of rotatable bonds is 4. The third-order valence-corrected chi connectivity index (χ3v) is 5.39. The molecule has 2 aliphatic rings. The zero-order chi connectivity index (χ0) is 14.5. The van der Waals surface area contributed by atoms with Crippen molar-refractivity contribution in [1.29, 1.82) is 0 Å². The minimum Gasteiger partial charge on any atom is -0.314 e. The summed E-state index contributed by atoms with van der Waals surface area (Å²) in [7, 11) is 0. The number of nitrogens with zero attached hydrogens (tertiary/aromatic N) is 1. The molecule has 1 heterocycles. The van der Waals surface area contributed by atoms with Crippen molar-refractivity contribution < 1.29 is 0 Å². The highest BCUT2D eigenvalue weighted by Crippen LogP contribution is 2.35. The maximum atomic E-state index is 3.42. The van der Waals surface area contributed by atoms with Gasteiger partial charge in [-0.3, -0.25) is 0 Å². The van der Waals surface area contributed by atoms with Crippen molar-refractivity contribution in [3.63, 3.8) is 0 Å². The minimum atomic E-state index is 0.823. The average molecular weight is 286 g/mol. The molecule has 1 aliphatic carbocycles. The van der Waals surface area contributed by atoms with Crippen LogP contribution in [-0.4, -0.2) is 37.6 Å². The van der Waals surface area contributed by atoms with Gasteiger partial charge in [-0.2, -0.15) is 0 Å². The molecule has 1 aromatic rings. The molecule has 1 saturated heterocycles. The van der Waals surface area contributed by atoms with E-state index in [0.717, 1.165) is 24.9 Å². The Kier molecular flexibility index (Phi) is 5.32. The van der Waals surface area contributed by atoms with E-state index in [9.17, 15) is 0 Å². The summed E-state index contributed by atoms with van der Waals surface area (Å²) in [5.74, 6) is 1.77. The van der Waals surface area contributed by atoms with Gasteiger partial charge in [-0.15, -0.1) is 0 Å². The lowest BCUT2D eigenvalue weighted by Crippen LogP contribution is -2.44. The van der Waals surface area contributed by atoms with Crippen LogP contribution >= 0.6 is 0 Å². The predicted molar refractivity (Wildman–Crippen MR) is 89.8 cm³/mol. The number of benzene rings is 1. The molecular formula is C19H30N2. The molecule has 2 heteroatoms. The maximum absolute atomic E-state index is 3.42. The van der Waals surface area contributed by atoms with Crippen molar-refractivity contribution in [1.82, 2.24) is 10.2 Å². The Bertz CT molecular complexity index is 412. The van der Waals surface area contributed by atoms with Crippen LogP contribution in [0.3, 0.4) is 0 Å². The van der Waals surface area contributed by atoms with E-state index in [1.54, 1.807) is 5.56 Å². The van der Waals surface area contributed by atoms with Crippen LogP contribution in [0.5, 0.6) is 0 Å². The lowest BCUT2D eigenvalue weighted by atomic mass is 9.79. The van der Waals surface area contributed by atoms with Gasteiger partial charge in [-0.1, -0.05) is 44.0 Å². The molecule has 0 spiro atoms. The lowest BCUT2D eigenvalue weighted by molar-refractivity contribution is 0.244. The van der Waals surface area contributed by atoms with E-state index in [4.69, 9.17) is 0 Å². The van der Waals surface area contributed by atoms with Gasteiger partial charge >= 0.3 is 0 Å². The summed E-state index contributed by atoms with van der Waals surface area (Å²) in [6.07, 6.45) is 6.80. The van der Waals surface area contributed by atoms with Crippen LogP contribution in [0, 0.1) is 5.92 Å². The van der Waals surface area contributed by atoms with Gasteiger partial charge in [0.15, 0.2) is 0 Å². The van der Waals surface area contributed by atoms with Gasteiger partial charge in [0, 0.05) is 32.7 Å². The zero-order valence-corrected chi connectivity index (χ0v) is 13.5. The second-order valence-corrected chi connectivity index (χ2v) is 7.04. The summed E-state index contributed by atoms with van der Waals surface area (Å²) in [5, 5.41) is 3.42. The Morgan fingerprint density at radius 1 is 1.00 bits per heavy atom. The fourth-order valence-corrected chi connectivity index (χ4v) is 3.77. The number of hydrogen-bond acceptors (Lipinski definition) is 2. The normalized spacial score (nSPS) is 27.7. The van der Waals surface area contributed by atoms with Gasteiger partial charge in [0.05, 0.1) is 0 Å². The van der Waals surface area contributed by atoms with Crippen LogP contribution in [0.15, 0.2) is 24.3 Å². The topological polar surface area (TPSA) is 15.3 Å². The van der Waals surface area contributed by atoms with Crippen molar-refractivity contribution in [2.45, 2.75) is 44.9 Å². The average Bonchev–Trinajstić information content (AvgIpc) is 2.55. The fraction of sp³-hybridized carbons (Fsp3) is 0.684. The Hall–Kier alpha value is -0.860. The van der Waals surface area contributed by atoms with Gasteiger partial charge in [-0.05, 0) is 42.2 Å². The molecule has 0 unspecified atom stereocenters. The quantitative estimate of drug-likeness (QED) is 0.912. The molecule has 2 nitrogen and oxygen atoms in total. The number of hydrogen-bond donors (Lipinski definition) is 1. The van der Waals surface area contributed by atoms with Gasteiger partial charge in [0.2, 0.25) is 0 Å². The van der Waals surface area contributed by atoms with Crippen molar-refractivity contribution in [3.05, 3.63) is 35.4 Å². The van der Waals surface area contributed by atoms with Gasteiger partial charge in [0.25, 0.3) is 0 Å². The van der Waals surface area contributed by atoms with Crippen molar-refractivity contribution in [2.24, 2.45) is 5.92 Å². The monoisotopic (exact) mass is 286 g/mol. The molecule has 3 rings (SSSR count). The van der Waals surface area contributed by atoms with E-state index >= 15 is 0 Å². The zero-order valence-electron chi connectivity index (χ0n) is 13.5. The predicted octanol–water partition coefficient (Wildman–Crippen LogP) is 3.43. The van der Waals surface area contributed by atoms with Crippen LogP contribution in [0.25, 0.3) is 0 Å². The third kappa shape index (κ3) is 4.31. The number of nitrogens with one attached hydrogen (secondary N) is 1. The van der Waals surface area contributed by atoms with Crippen molar-refractivity contribution in [3.8, 4) is 0 Å². The standard InChI is InChI=1S/C19H30N2/c1-16-2-6-18(7-3-16)19-8-4-17(5-9-19)10-13-21-14-11-20-12-15-21/h4-5,8-9,16,18,20H,2-3,6-7,10-15H2,1H3. The first-order valence-corrected chi connectivity index (χ1v) is 8.83. The van der Waals surface area contributed by atoms with Gasteiger partial charge < -0.3 is 10.2 Å². The fourth-order valence-electron chi connectivity index (χ4n) is 3.77. The molecule has 21 heavy (non-hydrogen) atoms. The summed E-state index contributed by atoms with van der Waals surface area (Å²) in [6, 6.07) is 9.53. The lowest BCUT2D eigenvalue weighted by Gasteiger charge is -2.27. The first kappa shape index (κ1) is 15.1. The van der Waals surface area contributed by atoms with Crippen molar-refractivity contribution in [2.75, 3.05) is 32.7 Å². The largest absolute Gasteiger partial charge is 0.314 e. The third-order valence-electron chi connectivity index (χ3n) is 5.39. The minimum absolute atomic E-state index is 0.823. The molecule has 1 aromatic carbocycles. The molecular weight excluding hydrogens is 256 g/mol. The van der Waals surface area contributed by atoms with E-state index < -0.39 is 0 Å². The van der Waals surface area contributed by atoms with Gasteiger partial charge in [-0.25, -0.2) is 0 Å². The molecule has 0 bridgehead atoms. The highest BCUT2D eigenvalue weighted by atomic mass is 15.2. The molecule has 0 radical (unpaired) electrons. The van der Waals surface area contributed by atoms with E-state index in [0.29, 0.717) is 0 Å². The second kappa shape index (κ2) is 7.42. The van der Waals surface area contributed by atoms with E-state index in [2.05, 4.69) is 41.4 Å². The van der Waals surface area contributed by atoms with Crippen LogP contribution < -0.4 is 5.32 Å². The molecule has 2 fully saturated rings. The highest BCUT2D eigenvalue weighted by Gasteiger charge is 2.19. The molecule has 116 valence electrons. The van der Waals surface area contributed by atoms with E-state index in [1.807, 2.05) is 0 Å². The summed E-state index contributed by atoms with van der Waals surface area (Å²) < 4.78 is 0. The molecule has 1 aliphatic heterocycles. The van der Waals surface area contributed by atoms with Crippen LogP contribution in [0.1, 0.15) is 49.7 Å². The number of piperazine rings is 1. The first-order chi connectivity index (χ1) is 10.3. The SMILES string of the molecule is CC1CCC(c2ccc(CCN3CCNCC3)cc2)CC1. The second-order valence-electron chi connectivity index (χ2n) is 7.04. The van der Waals surface area contributed by atoms with Crippen LogP contribution in [0.4, 0.5) is 0 Å². The Morgan fingerprint density at radius 2 is 1.67 bits per heavy atom. The Labute approximate surface area is 129 Å². The molecule has 1 saturated carbocycles. The summed E-state index contributed by atoms with van der Waals surface area (Å²) >= 11 is 0. The highest BCUT2D eigenvalue weighted by molar-refractivity contribution is 5.26. The maximum Gasteiger partial charge on any atom is 0.0108 e. The van der Waals surface area contributed by atoms with Crippen LogP contribution in [-0.2, 0) is 6.42 Å².